The molecule has 2 heteroatoms. The molecule has 2 nitrogen and oxygen atoms in total. The van der Waals surface area contributed by atoms with Gasteiger partial charge in [0.15, 0.2) is 0 Å². The lowest BCUT2D eigenvalue weighted by molar-refractivity contribution is 0.604. The molecule has 0 spiro atoms. The molecule has 1 aromatic carbocycles. The van der Waals surface area contributed by atoms with Crippen LogP contribution in [0.5, 0.6) is 0 Å². The van der Waals surface area contributed by atoms with Gasteiger partial charge in [0.05, 0.1) is 0 Å². The van der Waals surface area contributed by atoms with E-state index in [2.05, 4.69) is 50.8 Å². The third kappa shape index (κ3) is 3.97. The number of hydrogen-bond acceptors (Lipinski definition) is 2. The van der Waals surface area contributed by atoms with Gasteiger partial charge in [-0.3, -0.25) is 0 Å². The summed E-state index contributed by atoms with van der Waals surface area (Å²) in [5.41, 5.74) is 10.2. The molecule has 1 unspecified atom stereocenters. The predicted octanol–water partition coefficient (Wildman–Crippen LogP) is 3.51. The Morgan fingerprint density at radius 3 is 2.47 bits per heavy atom. The molecular formula is C17H28N2. The Balaban J connectivity index is 2.29. The van der Waals surface area contributed by atoms with Crippen LogP contribution in [0.25, 0.3) is 0 Å². The Hall–Kier alpha value is -1.02. The van der Waals surface area contributed by atoms with Gasteiger partial charge in [-0.2, -0.15) is 0 Å². The fourth-order valence-electron chi connectivity index (χ4n) is 2.73. The molecule has 1 atom stereocenters. The lowest BCUT2D eigenvalue weighted by Gasteiger charge is -2.29. The number of hydrogen-bond donors (Lipinski definition) is 1. The van der Waals surface area contributed by atoms with Gasteiger partial charge in [-0.05, 0) is 50.7 Å². The third-order valence-corrected chi connectivity index (χ3v) is 3.64. The van der Waals surface area contributed by atoms with Gasteiger partial charge >= 0.3 is 0 Å². The average Bonchev–Trinajstić information content (AvgIpc) is 3.09. The second-order valence-electron chi connectivity index (χ2n) is 6.59. The van der Waals surface area contributed by atoms with Crippen LogP contribution in [-0.4, -0.2) is 18.6 Å². The number of nitrogens with zero attached hydrogens (tertiary/aromatic N) is 1. The highest BCUT2D eigenvalue weighted by atomic mass is 15.2. The monoisotopic (exact) mass is 260 g/mol. The molecule has 1 aromatic rings. The smallest absolute Gasteiger partial charge is 0.0402 e. The van der Waals surface area contributed by atoms with E-state index in [1.807, 2.05) is 0 Å². The molecule has 106 valence electrons. The maximum Gasteiger partial charge on any atom is 0.0402 e. The first-order valence-electron chi connectivity index (χ1n) is 7.59. The van der Waals surface area contributed by atoms with Gasteiger partial charge in [0.1, 0.15) is 0 Å². The molecule has 0 heterocycles. The summed E-state index contributed by atoms with van der Waals surface area (Å²) >= 11 is 0. The topological polar surface area (TPSA) is 29.3 Å². The zero-order valence-corrected chi connectivity index (χ0v) is 12.8. The van der Waals surface area contributed by atoms with Crippen molar-refractivity contribution in [2.75, 3.05) is 11.4 Å². The maximum absolute atomic E-state index is 6.02. The summed E-state index contributed by atoms with van der Waals surface area (Å²) in [6, 6.07) is 7.83. The van der Waals surface area contributed by atoms with E-state index < -0.39 is 0 Å². The fraction of sp³-hybridized carbons (Fsp3) is 0.647. The molecule has 0 bridgehead atoms. The molecule has 2 rings (SSSR count). The number of aryl methyl sites for hydroxylation is 1. The molecule has 0 amide bonds. The second kappa shape index (κ2) is 5.96. The van der Waals surface area contributed by atoms with Crippen LogP contribution in [0.15, 0.2) is 18.2 Å². The lowest BCUT2D eigenvalue weighted by atomic mass is 10.0. The van der Waals surface area contributed by atoms with E-state index in [9.17, 15) is 0 Å². The van der Waals surface area contributed by atoms with Crippen molar-refractivity contribution in [2.24, 2.45) is 11.7 Å². The summed E-state index contributed by atoms with van der Waals surface area (Å²) < 4.78 is 0. The normalized spacial score (nSPS) is 16.7. The SMILES string of the molecule is Cc1ccc(N(CC(C)C)C2CC2)c(CC(C)N)c1. The van der Waals surface area contributed by atoms with Gasteiger partial charge in [0.2, 0.25) is 0 Å². The van der Waals surface area contributed by atoms with E-state index in [0.29, 0.717) is 5.92 Å². The van der Waals surface area contributed by atoms with Crippen LogP contribution in [0, 0.1) is 12.8 Å². The molecule has 1 aliphatic carbocycles. The predicted molar refractivity (Wildman–Crippen MR) is 83.7 cm³/mol. The van der Waals surface area contributed by atoms with Crippen molar-refractivity contribution in [2.45, 2.75) is 59.0 Å². The lowest BCUT2D eigenvalue weighted by Crippen LogP contribution is -2.31. The highest BCUT2D eigenvalue weighted by Gasteiger charge is 2.30. The summed E-state index contributed by atoms with van der Waals surface area (Å²) in [6.07, 6.45) is 3.66. The molecule has 19 heavy (non-hydrogen) atoms. The molecule has 1 fully saturated rings. The number of nitrogens with two attached hydrogens (primary N) is 1. The molecule has 0 aliphatic heterocycles. The van der Waals surface area contributed by atoms with Crippen LogP contribution in [-0.2, 0) is 6.42 Å². The van der Waals surface area contributed by atoms with Crippen LogP contribution in [0.2, 0.25) is 0 Å². The van der Waals surface area contributed by atoms with Crippen LogP contribution < -0.4 is 10.6 Å². The summed E-state index contributed by atoms with van der Waals surface area (Å²) in [6.45, 7) is 10.0. The van der Waals surface area contributed by atoms with Gasteiger partial charge in [0.25, 0.3) is 0 Å². The average molecular weight is 260 g/mol. The first-order chi connectivity index (χ1) is 8.97. The van der Waals surface area contributed by atoms with E-state index in [0.717, 1.165) is 19.0 Å². The summed E-state index contributed by atoms with van der Waals surface area (Å²) in [5, 5.41) is 0. The molecule has 1 saturated carbocycles. The molecule has 2 N–H and O–H groups in total. The molecular weight excluding hydrogens is 232 g/mol. The van der Waals surface area contributed by atoms with Crippen molar-refractivity contribution in [3.63, 3.8) is 0 Å². The van der Waals surface area contributed by atoms with Crippen molar-refractivity contribution in [1.29, 1.82) is 0 Å². The highest BCUT2D eigenvalue weighted by Crippen LogP contribution is 2.35. The first kappa shape index (κ1) is 14.4. The van der Waals surface area contributed by atoms with E-state index in [1.165, 1.54) is 29.7 Å². The van der Waals surface area contributed by atoms with E-state index in [-0.39, 0.29) is 6.04 Å². The zero-order valence-electron chi connectivity index (χ0n) is 12.8. The minimum atomic E-state index is 0.223. The van der Waals surface area contributed by atoms with E-state index in [4.69, 9.17) is 5.73 Å². The Morgan fingerprint density at radius 2 is 1.95 bits per heavy atom. The Kier molecular flexibility index (Phi) is 4.51. The van der Waals surface area contributed by atoms with Crippen molar-refractivity contribution in [3.8, 4) is 0 Å². The van der Waals surface area contributed by atoms with Crippen LogP contribution >= 0.6 is 0 Å². The molecule has 0 saturated heterocycles. The Bertz CT molecular complexity index is 419. The molecule has 0 radical (unpaired) electrons. The quantitative estimate of drug-likeness (QED) is 0.848. The van der Waals surface area contributed by atoms with Crippen LogP contribution in [0.3, 0.4) is 0 Å². The number of benzene rings is 1. The van der Waals surface area contributed by atoms with Gasteiger partial charge in [0, 0.05) is 24.3 Å². The largest absolute Gasteiger partial charge is 0.368 e. The van der Waals surface area contributed by atoms with E-state index in [1.54, 1.807) is 0 Å². The van der Waals surface area contributed by atoms with Gasteiger partial charge in [-0.25, -0.2) is 0 Å². The minimum absolute atomic E-state index is 0.223. The van der Waals surface area contributed by atoms with Crippen LogP contribution in [0.4, 0.5) is 5.69 Å². The van der Waals surface area contributed by atoms with Gasteiger partial charge in [-0.1, -0.05) is 31.5 Å². The number of anilines is 1. The second-order valence-corrected chi connectivity index (χ2v) is 6.59. The molecule has 1 aliphatic rings. The van der Waals surface area contributed by atoms with Crippen molar-refractivity contribution in [3.05, 3.63) is 29.3 Å². The minimum Gasteiger partial charge on any atom is -0.368 e. The Labute approximate surface area is 118 Å². The van der Waals surface area contributed by atoms with E-state index >= 15 is 0 Å². The Morgan fingerprint density at radius 1 is 1.26 bits per heavy atom. The molecule has 0 aromatic heterocycles. The van der Waals surface area contributed by atoms with Crippen molar-refractivity contribution < 1.29 is 0 Å². The summed E-state index contributed by atoms with van der Waals surface area (Å²) in [5.74, 6) is 0.699. The van der Waals surface area contributed by atoms with Crippen molar-refractivity contribution in [1.82, 2.24) is 0 Å². The van der Waals surface area contributed by atoms with Crippen molar-refractivity contribution >= 4 is 5.69 Å². The number of rotatable bonds is 6. The summed E-state index contributed by atoms with van der Waals surface area (Å²) in [7, 11) is 0. The van der Waals surface area contributed by atoms with Crippen LogP contribution in [0.1, 0.15) is 44.7 Å². The third-order valence-electron chi connectivity index (χ3n) is 3.64. The zero-order chi connectivity index (χ0) is 14.0. The fourth-order valence-corrected chi connectivity index (χ4v) is 2.73. The summed E-state index contributed by atoms with van der Waals surface area (Å²) in [4.78, 5) is 2.61. The van der Waals surface area contributed by atoms with Gasteiger partial charge in [-0.15, -0.1) is 0 Å². The first-order valence-corrected chi connectivity index (χ1v) is 7.59. The highest BCUT2D eigenvalue weighted by molar-refractivity contribution is 5.57. The van der Waals surface area contributed by atoms with Gasteiger partial charge < -0.3 is 10.6 Å². The standard InChI is InChI=1S/C17H28N2/c1-12(2)11-19(16-6-7-16)17-8-5-13(3)9-15(17)10-14(4)18/h5,8-9,12,14,16H,6-7,10-11,18H2,1-4H3. The maximum atomic E-state index is 6.02.